The van der Waals surface area contributed by atoms with Gasteiger partial charge in [0, 0.05) is 17.7 Å². The molecule has 0 fully saturated rings. The highest BCUT2D eigenvalue weighted by Crippen LogP contribution is 2.48. The number of anilines is 1. The Morgan fingerprint density at radius 1 is 1.08 bits per heavy atom. The normalized spacial score (nSPS) is 17.4. The monoisotopic (exact) mass is 567 g/mol. The van der Waals surface area contributed by atoms with Crippen LogP contribution in [0.25, 0.3) is 0 Å². The van der Waals surface area contributed by atoms with Crippen molar-refractivity contribution in [2.75, 3.05) is 4.90 Å². The van der Waals surface area contributed by atoms with E-state index in [0.29, 0.717) is 30.0 Å². The molecule has 1 aliphatic heterocycles. The summed E-state index contributed by atoms with van der Waals surface area (Å²) in [6.45, 7) is 6.46. The summed E-state index contributed by atoms with van der Waals surface area (Å²) in [6, 6.07) is 22.3. The SMILES string of the molecule is Cc1cc(COc2ccccc2Br)c(C)c(C2C(C#N)=C(N)N(c3ccccc3C)C3=C2C(=O)CCC3)c1. The Morgan fingerprint density at radius 2 is 1.82 bits per heavy atom. The molecule has 1 aliphatic carbocycles. The van der Waals surface area contributed by atoms with E-state index in [9.17, 15) is 10.1 Å². The van der Waals surface area contributed by atoms with Gasteiger partial charge in [0.15, 0.2) is 5.78 Å². The molecule has 2 N–H and O–H groups in total. The first-order valence-corrected chi connectivity index (χ1v) is 13.6. The number of carbonyl (C=O) groups is 1. The molecule has 38 heavy (non-hydrogen) atoms. The fourth-order valence-electron chi connectivity index (χ4n) is 5.62. The number of Topliss-reactive ketones (excluding diaryl/α,β-unsaturated/α-hetero) is 1. The van der Waals surface area contributed by atoms with Crippen LogP contribution in [0.1, 0.15) is 53.0 Å². The molecule has 0 saturated carbocycles. The molecular formula is C32H30BrN3O2. The number of benzene rings is 3. The molecule has 0 saturated heterocycles. The molecule has 1 unspecified atom stereocenters. The summed E-state index contributed by atoms with van der Waals surface area (Å²) in [5.74, 6) is 0.732. The highest BCUT2D eigenvalue weighted by atomic mass is 79.9. The second-order valence-electron chi connectivity index (χ2n) is 9.96. The number of ether oxygens (including phenoxy) is 1. The van der Waals surface area contributed by atoms with Crippen molar-refractivity contribution in [3.05, 3.63) is 116 Å². The van der Waals surface area contributed by atoms with Gasteiger partial charge in [-0.1, -0.05) is 48.0 Å². The average molecular weight is 569 g/mol. The number of carbonyl (C=O) groups excluding carboxylic acids is 1. The maximum Gasteiger partial charge on any atom is 0.161 e. The lowest BCUT2D eigenvalue weighted by atomic mass is 9.73. The van der Waals surface area contributed by atoms with Crippen molar-refractivity contribution in [2.45, 2.75) is 52.6 Å². The Kier molecular flexibility index (Phi) is 7.14. The molecule has 6 heteroatoms. The maximum atomic E-state index is 13.6. The number of hydrogen-bond donors (Lipinski definition) is 1. The second-order valence-corrected chi connectivity index (χ2v) is 10.8. The summed E-state index contributed by atoms with van der Waals surface area (Å²) in [5.41, 5.74) is 14.7. The van der Waals surface area contributed by atoms with Gasteiger partial charge in [-0.2, -0.15) is 5.26 Å². The van der Waals surface area contributed by atoms with E-state index < -0.39 is 5.92 Å². The summed E-state index contributed by atoms with van der Waals surface area (Å²) in [6.07, 6.45) is 1.96. The van der Waals surface area contributed by atoms with Crippen molar-refractivity contribution < 1.29 is 9.53 Å². The zero-order chi connectivity index (χ0) is 27.0. The molecule has 0 spiro atoms. The van der Waals surface area contributed by atoms with E-state index in [1.54, 1.807) is 0 Å². The summed E-state index contributed by atoms with van der Waals surface area (Å²) in [7, 11) is 0. The Labute approximate surface area is 232 Å². The van der Waals surface area contributed by atoms with Gasteiger partial charge in [0.2, 0.25) is 0 Å². The third-order valence-corrected chi connectivity index (χ3v) is 8.16. The number of halogens is 1. The molecule has 0 aromatic heterocycles. The van der Waals surface area contributed by atoms with Crippen LogP contribution in [-0.2, 0) is 11.4 Å². The molecule has 0 bridgehead atoms. The zero-order valence-corrected chi connectivity index (χ0v) is 23.4. The van der Waals surface area contributed by atoms with Crippen LogP contribution >= 0.6 is 15.9 Å². The van der Waals surface area contributed by atoms with Gasteiger partial charge in [0.1, 0.15) is 18.2 Å². The number of nitrogens with two attached hydrogens (primary N) is 1. The molecule has 2 aliphatic rings. The fourth-order valence-corrected chi connectivity index (χ4v) is 6.02. The molecule has 5 rings (SSSR count). The van der Waals surface area contributed by atoms with Crippen LogP contribution in [0.5, 0.6) is 5.75 Å². The first kappa shape index (κ1) is 25.8. The number of hydrogen-bond acceptors (Lipinski definition) is 5. The molecule has 5 nitrogen and oxygen atoms in total. The van der Waals surface area contributed by atoms with Crippen molar-refractivity contribution in [2.24, 2.45) is 5.73 Å². The number of nitrogens with zero attached hydrogens (tertiary/aromatic N) is 2. The first-order valence-electron chi connectivity index (χ1n) is 12.8. The molecular weight excluding hydrogens is 538 g/mol. The second kappa shape index (κ2) is 10.5. The summed E-state index contributed by atoms with van der Waals surface area (Å²) in [4.78, 5) is 15.5. The molecule has 1 atom stereocenters. The number of rotatable bonds is 5. The first-order chi connectivity index (χ1) is 18.3. The third kappa shape index (κ3) is 4.52. The average Bonchev–Trinajstić information content (AvgIpc) is 2.90. The molecule has 0 amide bonds. The Balaban J connectivity index is 1.65. The minimum atomic E-state index is -0.509. The van der Waals surface area contributed by atoms with Crippen molar-refractivity contribution in [1.82, 2.24) is 0 Å². The van der Waals surface area contributed by atoms with E-state index in [0.717, 1.165) is 62.3 Å². The van der Waals surface area contributed by atoms with Crippen molar-refractivity contribution in [3.63, 3.8) is 0 Å². The van der Waals surface area contributed by atoms with E-state index in [1.165, 1.54) is 0 Å². The predicted octanol–water partition coefficient (Wildman–Crippen LogP) is 7.26. The van der Waals surface area contributed by atoms with Gasteiger partial charge in [-0.15, -0.1) is 0 Å². The molecule has 1 heterocycles. The Bertz CT molecular complexity index is 1550. The number of allylic oxidation sites excluding steroid dienone is 3. The van der Waals surface area contributed by atoms with Gasteiger partial charge in [-0.05, 0) is 90.0 Å². The largest absolute Gasteiger partial charge is 0.488 e. The van der Waals surface area contributed by atoms with Crippen LogP contribution in [0.4, 0.5) is 5.69 Å². The highest BCUT2D eigenvalue weighted by molar-refractivity contribution is 9.10. The molecule has 0 radical (unpaired) electrons. The topological polar surface area (TPSA) is 79.3 Å². The zero-order valence-electron chi connectivity index (χ0n) is 21.8. The summed E-state index contributed by atoms with van der Waals surface area (Å²) in [5, 5.41) is 10.4. The van der Waals surface area contributed by atoms with E-state index in [2.05, 4.69) is 34.1 Å². The van der Waals surface area contributed by atoms with Crippen LogP contribution in [-0.4, -0.2) is 5.78 Å². The molecule has 3 aromatic rings. The highest BCUT2D eigenvalue weighted by Gasteiger charge is 2.41. The van der Waals surface area contributed by atoms with Gasteiger partial charge in [0.25, 0.3) is 0 Å². The molecule has 192 valence electrons. The lowest BCUT2D eigenvalue weighted by Gasteiger charge is -2.40. The van der Waals surface area contributed by atoms with Crippen LogP contribution in [0.3, 0.4) is 0 Å². The van der Waals surface area contributed by atoms with Crippen LogP contribution < -0.4 is 15.4 Å². The van der Waals surface area contributed by atoms with Crippen molar-refractivity contribution >= 4 is 27.4 Å². The predicted molar refractivity (Wildman–Crippen MR) is 153 cm³/mol. The maximum absolute atomic E-state index is 13.6. The summed E-state index contributed by atoms with van der Waals surface area (Å²) < 4.78 is 7.04. The van der Waals surface area contributed by atoms with Crippen LogP contribution in [0.15, 0.2) is 87.8 Å². The van der Waals surface area contributed by atoms with Gasteiger partial charge < -0.3 is 10.5 Å². The lowest BCUT2D eigenvalue weighted by Crippen LogP contribution is -2.39. The van der Waals surface area contributed by atoms with Gasteiger partial charge in [-0.25, -0.2) is 0 Å². The minimum Gasteiger partial charge on any atom is -0.488 e. The van der Waals surface area contributed by atoms with Gasteiger partial charge >= 0.3 is 0 Å². The molecule has 3 aromatic carbocycles. The third-order valence-electron chi connectivity index (χ3n) is 7.50. The Morgan fingerprint density at radius 3 is 2.55 bits per heavy atom. The smallest absolute Gasteiger partial charge is 0.161 e. The van der Waals surface area contributed by atoms with Crippen LogP contribution in [0, 0.1) is 32.1 Å². The standard InChI is InChI=1S/C32H30BrN3O2/c1-19-15-22(18-38-29-14-7-5-10-25(29)33)21(3)23(16-19)30-24(17-34)32(35)36(26-11-6-4-9-20(26)2)27-12-8-13-28(37)31(27)30/h4-7,9-11,14-16,30H,8,12-13,18,35H2,1-3H3. The number of nitriles is 1. The Hall–Kier alpha value is -3.82. The quantitative estimate of drug-likeness (QED) is 0.351. The number of ketones is 1. The van der Waals surface area contributed by atoms with Gasteiger partial charge in [0.05, 0.1) is 27.7 Å². The lowest BCUT2D eigenvalue weighted by molar-refractivity contribution is -0.116. The minimum absolute atomic E-state index is 0.0852. The van der Waals surface area contributed by atoms with Crippen LogP contribution in [0.2, 0.25) is 0 Å². The summed E-state index contributed by atoms with van der Waals surface area (Å²) >= 11 is 3.55. The van der Waals surface area contributed by atoms with E-state index >= 15 is 0 Å². The fraction of sp³-hybridized carbons (Fsp3) is 0.250. The van der Waals surface area contributed by atoms with E-state index in [-0.39, 0.29) is 5.78 Å². The van der Waals surface area contributed by atoms with E-state index in [1.807, 2.05) is 74.2 Å². The van der Waals surface area contributed by atoms with Gasteiger partial charge in [-0.3, -0.25) is 9.69 Å². The van der Waals surface area contributed by atoms with Crippen molar-refractivity contribution in [3.8, 4) is 11.8 Å². The number of aryl methyl sites for hydroxylation is 2. The number of para-hydroxylation sites is 2. The van der Waals surface area contributed by atoms with Crippen molar-refractivity contribution in [1.29, 1.82) is 5.26 Å². The van der Waals surface area contributed by atoms with E-state index in [4.69, 9.17) is 10.5 Å².